The third kappa shape index (κ3) is 6.23. The van der Waals surface area contributed by atoms with E-state index in [0.29, 0.717) is 13.1 Å². The highest BCUT2D eigenvalue weighted by molar-refractivity contribution is 7.13. The van der Waals surface area contributed by atoms with Crippen LogP contribution in [0.4, 0.5) is 0 Å². The molecule has 1 fully saturated rings. The van der Waals surface area contributed by atoms with Crippen LogP contribution < -0.4 is 0 Å². The number of aromatic nitrogens is 1. The quantitative estimate of drug-likeness (QED) is 0.541. The van der Waals surface area contributed by atoms with Crippen molar-refractivity contribution in [3.63, 3.8) is 0 Å². The lowest BCUT2D eigenvalue weighted by atomic mass is 10.1. The third-order valence-electron chi connectivity index (χ3n) is 5.51. The summed E-state index contributed by atoms with van der Waals surface area (Å²) in [5.74, 6) is -0.0270. The lowest BCUT2D eigenvalue weighted by Crippen LogP contribution is -2.35. The molecule has 1 amide bonds. The Morgan fingerprint density at radius 1 is 1.09 bits per heavy atom. The summed E-state index contributed by atoms with van der Waals surface area (Å²) in [7, 11) is 0. The van der Waals surface area contributed by atoms with Crippen LogP contribution in [-0.2, 0) is 29.0 Å². The van der Waals surface area contributed by atoms with Gasteiger partial charge in [0.05, 0.1) is 31.9 Å². The Bertz CT molecular complexity index is 1000. The number of amides is 1. The van der Waals surface area contributed by atoms with Crippen molar-refractivity contribution in [1.29, 1.82) is 0 Å². The smallest absolute Gasteiger partial charge is 0.228 e. The van der Waals surface area contributed by atoms with Crippen LogP contribution in [0, 0.1) is 0 Å². The number of ether oxygens (including phenoxy) is 1. The fourth-order valence-electron chi connectivity index (χ4n) is 3.82. The van der Waals surface area contributed by atoms with E-state index < -0.39 is 0 Å². The summed E-state index contributed by atoms with van der Waals surface area (Å²) in [5, 5.41) is 12.3. The Morgan fingerprint density at radius 3 is 2.66 bits per heavy atom. The third-order valence-corrected chi connectivity index (χ3v) is 6.45. The van der Waals surface area contributed by atoms with Gasteiger partial charge in [-0.1, -0.05) is 48.5 Å². The van der Waals surface area contributed by atoms with Gasteiger partial charge in [0.1, 0.15) is 5.01 Å². The molecule has 0 spiro atoms. The molecular weight excluding hydrogens is 422 g/mol. The van der Waals surface area contributed by atoms with E-state index in [-0.39, 0.29) is 18.9 Å². The second kappa shape index (κ2) is 11.3. The van der Waals surface area contributed by atoms with Crippen molar-refractivity contribution in [3.8, 4) is 10.6 Å². The molecule has 168 valence electrons. The molecule has 0 unspecified atom stereocenters. The van der Waals surface area contributed by atoms with Crippen LogP contribution in [0.5, 0.6) is 0 Å². The Kier molecular flexibility index (Phi) is 8.01. The molecule has 32 heavy (non-hydrogen) atoms. The minimum Gasteiger partial charge on any atom is -0.395 e. The lowest BCUT2D eigenvalue weighted by molar-refractivity contribution is -0.131. The van der Waals surface area contributed by atoms with Gasteiger partial charge in [-0.15, -0.1) is 11.3 Å². The molecule has 4 rings (SSSR count). The molecule has 1 aliphatic rings. The van der Waals surface area contributed by atoms with Crippen LogP contribution >= 0.6 is 11.3 Å². The normalized spacial score (nSPS) is 14.4. The van der Waals surface area contributed by atoms with E-state index in [0.717, 1.165) is 54.7 Å². The average Bonchev–Trinajstić information content (AvgIpc) is 3.29. The van der Waals surface area contributed by atoms with E-state index in [1.165, 1.54) is 5.56 Å². The average molecular weight is 452 g/mol. The fourth-order valence-corrected chi connectivity index (χ4v) is 4.64. The number of aliphatic hydroxyl groups is 1. The van der Waals surface area contributed by atoms with Crippen molar-refractivity contribution >= 4 is 17.2 Å². The van der Waals surface area contributed by atoms with E-state index in [2.05, 4.69) is 29.2 Å². The predicted molar refractivity (Wildman–Crippen MR) is 126 cm³/mol. The summed E-state index contributed by atoms with van der Waals surface area (Å²) in [6.07, 6.45) is 0.233. The highest BCUT2D eigenvalue weighted by Crippen LogP contribution is 2.25. The van der Waals surface area contributed by atoms with Gasteiger partial charge in [-0.3, -0.25) is 9.69 Å². The molecule has 0 radical (unpaired) electrons. The zero-order valence-electron chi connectivity index (χ0n) is 18.2. The van der Waals surface area contributed by atoms with Crippen LogP contribution in [0.15, 0.2) is 60.0 Å². The summed E-state index contributed by atoms with van der Waals surface area (Å²) >= 11 is 1.56. The Morgan fingerprint density at radius 2 is 1.88 bits per heavy atom. The zero-order chi connectivity index (χ0) is 22.2. The number of morpholine rings is 1. The van der Waals surface area contributed by atoms with Crippen molar-refractivity contribution in [2.45, 2.75) is 19.5 Å². The van der Waals surface area contributed by atoms with Crippen molar-refractivity contribution in [1.82, 2.24) is 14.8 Å². The lowest BCUT2D eigenvalue weighted by Gasteiger charge is -2.26. The molecule has 3 aromatic rings. The molecule has 0 saturated carbocycles. The van der Waals surface area contributed by atoms with Gasteiger partial charge in [-0.25, -0.2) is 4.98 Å². The highest BCUT2D eigenvalue weighted by atomic mass is 32.1. The number of benzene rings is 2. The predicted octanol–water partition coefficient (Wildman–Crippen LogP) is 3.21. The first kappa shape index (κ1) is 22.6. The SMILES string of the molecule is O=C(Cc1csc(-c2cccc(CN3CCOCC3)c2)n1)N(CCO)Cc1ccccc1. The number of thiazole rings is 1. The number of aliphatic hydroxyl groups excluding tert-OH is 1. The molecule has 1 saturated heterocycles. The maximum absolute atomic E-state index is 12.9. The number of carbonyl (C=O) groups excluding carboxylic acids is 1. The first-order valence-electron chi connectivity index (χ1n) is 11.0. The van der Waals surface area contributed by atoms with Crippen LogP contribution in [0.1, 0.15) is 16.8 Å². The van der Waals surface area contributed by atoms with Gasteiger partial charge in [0, 0.05) is 43.7 Å². The molecule has 1 aromatic heterocycles. The first-order valence-corrected chi connectivity index (χ1v) is 11.9. The molecule has 2 aromatic carbocycles. The van der Waals surface area contributed by atoms with Gasteiger partial charge in [-0.05, 0) is 17.2 Å². The van der Waals surface area contributed by atoms with Crippen molar-refractivity contribution < 1.29 is 14.6 Å². The second-order valence-electron chi connectivity index (χ2n) is 7.93. The number of nitrogens with zero attached hydrogens (tertiary/aromatic N) is 3. The molecule has 0 bridgehead atoms. The van der Waals surface area contributed by atoms with Crippen LogP contribution in [0.2, 0.25) is 0 Å². The minimum atomic E-state index is -0.0587. The molecule has 0 atom stereocenters. The van der Waals surface area contributed by atoms with Gasteiger partial charge in [-0.2, -0.15) is 0 Å². The number of hydrogen-bond donors (Lipinski definition) is 1. The van der Waals surface area contributed by atoms with E-state index in [9.17, 15) is 9.90 Å². The molecule has 0 aliphatic carbocycles. The zero-order valence-corrected chi connectivity index (χ0v) is 19.0. The summed E-state index contributed by atoms with van der Waals surface area (Å²) in [4.78, 5) is 21.7. The van der Waals surface area contributed by atoms with Crippen molar-refractivity contribution in [2.75, 3.05) is 39.5 Å². The number of rotatable bonds is 9. The monoisotopic (exact) mass is 451 g/mol. The van der Waals surface area contributed by atoms with Gasteiger partial charge in [0.15, 0.2) is 0 Å². The van der Waals surface area contributed by atoms with Crippen molar-refractivity contribution in [2.24, 2.45) is 0 Å². The highest BCUT2D eigenvalue weighted by Gasteiger charge is 2.17. The largest absolute Gasteiger partial charge is 0.395 e. The summed E-state index contributed by atoms with van der Waals surface area (Å²) in [6.45, 7) is 5.15. The maximum atomic E-state index is 12.9. The Labute approximate surface area is 193 Å². The van der Waals surface area contributed by atoms with Gasteiger partial charge >= 0.3 is 0 Å². The van der Waals surface area contributed by atoms with Crippen molar-refractivity contribution in [3.05, 3.63) is 76.8 Å². The maximum Gasteiger partial charge on any atom is 0.228 e. The van der Waals surface area contributed by atoms with Gasteiger partial charge in [0.25, 0.3) is 0 Å². The molecule has 1 N–H and O–H groups in total. The number of carbonyl (C=O) groups is 1. The summed E-state index contributed by atoms with van der Waals surface area (Å²) < 4.78 is 5.44. The summed E-state index contributed by atoms with van der Waals surface area (Å²) in [6, 6.07) is 18.3. The van der Waals surface area contributed by atoms with Gasteiger partial charge in [0.2, 0.25) is 5.91 Å². The van der Waals surface area contributed by atoms with E-state index in [1.54, 1.807) is 16.2 Å². The van der Waals surface area contributed by atoms with E-state index in [4.69, 9.17) is 9.72 Å². The molecule has 2 heterocycles. The standard InChI is InChI=1S/C25H29N3O3S/c29-12-9-28(18-20-5-2-1-3-6-20)24(30)16-23-19-32-25(26-23)22-8-4-7-21(15-22)17-27-10-13-31-14-11-27/h1-8,15,19,29H,9-14,16-18H2. The van der Waals surface area contributed by atoms with Crippen LogP contribution in [-0.4, -0.2) is 65.3 Å². The van der Waals surface area contributed by atoms with Crippen LogP contribution in [0.25, 0.3) is 10.6 Å². The Hall–Kier alpha value is -2.58. The summed E-state index contributed by atoms with van der Waals surface area (Å²) in [5.41, 5.74) is 4.15. The molecular formula is C25H29N3O3S. The minimum absolute atomic E-state index is 0.0270. The Balaban J connectivity index is 1.40. The first-order chi connectivity index (χ1) is 15.7. The van der Waals surface area contributed by atoms with Crippen LogP contribution in [0.3, 0.4) is 0 Å². The molecule has 1 aliphatic heterocycles. The second-order valence-corrected chi connectivity index (χ2v) is 8.79. The van der Waals surface area contributed by atoms with Gasteiger partial charge < -0.3 is 14.7 Å². The topological polar surface area (TPSA) is 65.9 Å². The molecule has 6 nitrogen and oxygen atoms in total. The van der Waals surface area contributed by atoms with E-state index >= 15 is 0 Å². The molecule has 7 heteroatoms. The number of hydrogen-bond acceptors (Lipinski definition) is 6. The fraction of sp³-hybridized carbons (Fsp3) is 0.360. The van der Waals surface area contributed by atoms with E-state index in [1.807, 2.05) is 35.7 Å².